The molecule has 0 amide bonds. The second-order valence-electron chi connectivity index (χ2n) is 17.6. The number of methoxy groups -OCH3 is 1. The van der Waals surface area contributed by atoms with E-state index >= 15 is 0 Å². The largest absolute Gasteiger partial charge is 0.478 e. The minimum Gasteiger partial charge on any atom is -0.478 e. The van der Waals surface area contributed by atoms with Gasteiger partial charge in [-0.05, 0) is 103 Å². The van der Waals surface area contributed by atoms with Gasteiger partial charge in [0.25, 0.3) is 16.7 Å². The van der Waals surface area contributed by atoms with Gasteiger partial charge in [-0.3, -0.25) is 29.7 Å². The number of rotatable bonds is 15. The Morgan fingerprint density at radius 2 is 1.00 bits per heavy atom. The molecule has 2 aromatic carbocycles. The molecule has 26 nitrogen and oxygen atoms in total. The Morgan fingerprint density at radius 3 is 1.44 bits per heavy atom. The predicted molar refractivity (Wildman–Crippen MR) is 305 cm³/mol. The van der Waals surface area contributed by atoms with Crippen LogP contribution < -0.4 is 16.7 Å². The Bertz CT molecular complexity index is 4330. The molecule has 0 saturated carbocycles. The highest BCUT2D eigenvalue weighted by molar-refractivity contribution is 8.00. The number of nitrogens with one attached hydrogen (secondary N) is 5. The molecule has 0 bridgehead atoms. The number of aromatic nitrogens is 17. The van der Waals surface area contributed by atoms with Gasteiger partial charge in [-0.2, -0.15) is 9.36 Å². The molecule has 11 rings (SSSR count). The van der Waals surface area contributed by atoms with Crippen molar-refractivity contribution in [3.05, 3.63) is 164 Å². The van der Waals surface area contributed by atoms with Crippen molar-refractivity contribution in [1.29, 1.82) is 0 Å². The maximum Gasteiger partial charge on any atom is 0.337 e. The molecular formula is C50H47N17O9S5. The van der Waals surface area contributed by atoms with Crippen LogP contribution in [0.5, 0.6) is 0 Å². The van der Waals surface area contributed by atoms with Crippen molar-refractivity contribution in [1.82, 2.24) is 84.6 Å². The molecule has 416 valence electrons. The second-order valence-corrected chi connectivity index (χ2v) is 23.4. The zero-order valence-electron chi connectivity index (χ0n) is 44.1. The number of H-pyrrole nitrogens is 5. The summed E-state index contributed by atoms with van der Waals surface area (Å²) in [4.78, 5) is 99.1. The van der Waals surface area contributed by atoms with Crippen LogP contribution in [0.15, 0.2) is 89.0 Å². The van der Waals surface area contributed by atoms with Gasteiger partial charge in [0, 0.05) is 51.5 Å². The molecule has 0 unspecified atom stereocenters. The molecule has 0 fully saturated rings. The number of imidazole rings is 2. The quantitative estimate of drug-likeness (QED) is 0.0299. The highest BCUT2D eigenvalue weighted by Crippen LogP contribution is 2.28. The molecule has 0 saturated heterocycles. The third-order valence-corrected chi connectivity index (χ3v) is 16.8. The maximum atomic E-state index is 12.7. The topological polar surface area (TPSA) is 362 Å². The molecule has 0 aliphatic rings. The Balaban J connectivity index is 0.000000147. The summed E-state index contributed by atoms with van der Waals surface area (Å²) in [6.45, 7) is 12.9. The fourth-order valence-electron chi connectivity index (χ4n) is 7.64. The first-order valence-electron chi connectivity index (χ1n) is 24.0. The smallest absolute Gasteiger partial charge is 0.337 e. The van der Waals surface area contributed by atoms with Gasteiger partial charge in [-0.25, -0.2) is 44.0 Å². The second kappa shape index (κ2) is 24.3. The van der Waals surface area contributed by atoms with E-state index in [2.05, 4.69) is 70.6 Å². The highest BCUT2D eigenvalue weighted by Gasteiger charge is 2.20. The molecule has 0 aliphatic carbocycles. The summed E-state index contributed by atoms with van der Waals surface area (Å²) in [6.07, 6.45) is 1.22. The van der Waals surface area contributed by atoms with Crippen LogP contribution in [0.3, 0.4) is 0 Å². The number of pyridine rings is 1. The Labute approximate surface area is 477 Å². The maximum absolute atomic E-state index is 12.7. The van der Waals surface area contributed by atoms with Crippen molar-refractivity contribution in [3.63, 3.8) is 0 Å². The lowest BCUT2D eigenvalue weighted by atomic mass is 10.2. The zero-order chi connectivity index (χ0) is 57.8. The molecule has 0 atom stereocenters. The fraction of sp³-hybridized carbons (Fsp3) is 0.220. The zero-order valence-corrected chi connectivity index (χ0v) is 48.1. The molecule has 0 aliphatic heterocycles. The number of benzene rings is 2. The normalized spacial score (nSPS) is 11.2. The van der Waals surface area contributed by atoms with Crippen molar-refractivity contribution in [2.45, 2.75) is 79.6 Å². The first kappa shape index (κ1) is 56.9. The van der Waals surface area contributed by atoms with Gasteiger partial charge in [-0.1, -0.05) is 58.0 Å². The number of hydrogen-bond acceptors (Lipinski definition) is 21. The van der Waals surface area contributed by atoms with Crippen molar-refractivity contribution < 1.29 is 29.3 Å². The average molecular weight is 1190 g/mol. The number of aromatic carboxylic acids is 2. The van der Waals surface area contributed by atoms with Crippen molar-refractivity contribution in [2.24, 2.45) is 0 Å². The number of fused-ring (bicyclic) bond motifs is 2. The van der Waals surface area contributed by atoms with Crippen LogP contribution >= 0.6 is 58.0 Å². The third kappa shape index (κ3) is 13.0. The minimum absolute atomic E-state index is 0.0628. The van der Waals surface area contributed by atoms with E-state index in [9.17, 15) is 28.8 Å². The lowest BCUT2D eigenvalue weighted by Gasteiger charge is -2.03. The number of carbonyl (C=O) groups excluding carboxylic acids is 1. The molecule has 0 radical (unpaired) electrons. The summed E-state index contributed by atoms with van der Waals surface area (Å²) in [5.74, 6) is 0.0961. The van der Waals surface area contributed by atoms with E-state index in [0.29, 0.717) is 84.5 Å². The van der Waals surface area contributed by atoms with Gasteiger partial charge in [0.05, 0.1) is 62.9 Å². The van der Waals surface area contributed by atoms with Crippen LogP contribution in [0, 0.1) is 48.5 Å². The van der Waals surface area contributed by atoms with E-state index in [1.165, 1.54) is 110 Å². The molecule has 0 spiro atoms. The Hall–Kier alpha value is -8.78. The number of nitrogens with zero attached hydrogens (tertiary/aromatic N) is 12. The van der Waals surface area contributed by atoms with Gasteiger partial charge < -0.3 is 24.9 Å². The third-order valence-electron chi connectivity index (χ3n) is 11.9. The van der Waals surface area contributed by atoms with Crippen LogP contribution in [0.25, 0.3) is 39.8 Å². The van der Waals surface area contributed by atoms with Crippen LogP contribution in [0.2, 0.25) is 0 Å². The van der Waals surface area contributed by atoms with E-state index in [0.717, 1.165) is 47.2 Å². The van der Waals surface area contributed by atoms with Crippen molar-refractivity contribution >= 4 is 97.9 Å². The number of carboxylic acids is 2. The lowest BCUT2D eigenvalue weighted by Crippen LogP contribution is -2.17. The SMILES string of the molecule is COC(=O)c1ccc2nc(-n3[nH]c(CSc4nnc(C)s4)c(C)c3=O)[nH]c2c1.Cc1cc(C)nc(SCc2[nH]n(-c3ccc(C(=O)O)cn3)c(=O)c2C)n1.Cc1nnc(SCc2[nH]n(-c3nc4ccc(C(=O)O)cc4[nH]3)c(=O)c2C)s1. The van der Waals surface area contributed by atoms with Crippen molar-refractivity contribution in [2.75, 3.05) is 7.11 Å². The first-order valence-corrected chi connectivity index (χ1v) is 28.6. The number of thioether (sulfide) groups is 3. The van der Waals surface area contributed by atoms with E-state index in [1.54, 1.807) is 45.0 Å². The molecule has 7 N–H and O–H groups in total. The number of carbonyl (C=O) groups is 3. The number of ether oxygens (including phenoxy) is 1. The van der Waals surface area contributed by atoms with Crippen molar-refractivity contribution in [3.8, 4) is 17.7 Å². The van der Waals surface area contributed by atoms with E-state index in [1.807, 2.05) is 33.8 Å². The van der Waals surface area contributed by atoms with Gasteiger partial charge in [-0.15, -0.1) is 20.4 Å². The highest BCUT2D eigenvalue weighted by atomic mass is 32.2. The average Bonchev–Trinajstić information content (AvgIpc) is 4.45. The van der Waals surface area contributed by atoms with E-state index < -0.39 is 17.9 Å². The summed E-state index contributed by atoms with van der Waals surface area (Å²) in [6, 6.07) is 14.4. The van der Waals surface area contributed by atoms with Gasteiger partial charge >= 0.3 is 17.9 Å². The molecule has 31 heteroatoms. The fourth-order valence-corrected chi connectivity index (χ4v) is 12.3. The molecule has 9 aromatic heterocycles. The van der Waals surface area contributed by atoms with Gasteiger partial charge in [0.15, 0.2) is 19.7 Å². The van der Waals surface area contributed by atoms with Gasteiger partial charge in [0.1, 0.15) is 10.0 Å². The summed E-state index contributed by atoms with van der Waals surface area (Å²) in [5.41, 5.74) is 8.27. The van der Waals surface area contributed by atoms with Crippen LogP contribution in [-0.4, -0.2) is 120 Å². The van der Waals surface area contributed by atoms with E-state index in [4.69, 9.17) is 14.9 Å². The number of hydrogen-bond donors (Lipinski definition) is 7. The van der Waals surface area contributed by atoms with Crippen LogP contribution in [0.4, 0.5) is 0 Å². The number of aromatic amines is 5. The molecular weight excluding hydrogens is 1140 g/mol. The summed E-state index contributed by atoms with van der Waals surface area (Å²) >= 11 is 7.47. The number of aryl methyl sites for hydroxylation is 4. The number of carboxylic acid groups (broad SMARTS) is 2. The van der Waals surface area contributed by atoms with E-state index in [-0.39, 0.29) is 27.8 Å². The lowest BCUT2D eigenvalue weighted by molar-refractivity contribution is 0.0599. The minimum atomic E-state index is -1.07. The number of esters is 1. The standard InChI is InChI=1S/C17H16N6O3S2.C17H17N5O3S.C16H14N6O3S2/c1-8-13(7-27-17-21-20-9(2)28-17)22-23(14(8)24)16-18-11-5-4-10(15(25)26-3)6-12(11)19-16;1-9-6-10(2)20-17(19-9)26-8-13-11(3)15(23)22(21-13)14-5-4-12(7-18-14)16(24)25;1-7-12(6-26-16-20-19-8(2)27-16)21-22(13(7)23)15-17-10-4-3-9(14(24)25)5-11(10)18-15/h4-6,22H,7H2,1-3H3,(H,18,19);4-7,21H,8H2,1-3H3,(H,24,25);3-5,21H,6H2,1-2H3,(H,17,18)(H,24,25). The monoisotopic (exact) mass is 1190 g/mol. The Morgan fingerprint density at radius 1 is 0.556 bits per heavy atom. The first-order chi connectivity index (χ1) is 38.7. The van der Waals surface area contributed by atoms with Crippen LogP contribution in [-0.2, 0) is 22.0 Å². The molecule has 81 heavy (non-hydrogen) atoms. The summed E-state index contributed by atoms with van der Waals surface area (Å²) < 4.78 is 10.4. The van der Waals surface area contributed by atoms with Gasteiger partial charge in [0.2, 0.25) is 11.9 Å². The molecule has 11 aromatic rings. The summed E-state index contributed by atoms with van der Waals surface area (Å²) in [7, 11) is 1.33. The summed E-state index contributed by atoms with van der Waals surface area (Å²) in [5, 5.41) is 45.8. The molecule has 9 heterocycles. The predicted octanol–water partition coefficient (Wildman–Crippen LogP) is 7.36. The van der Waals surface area contributed by atoms with Crippen LogP contribution in [0.1, 0.15) is 86.2 Å². The Kier molecular flexibility index (Phi) is 17.1.